The largest absolute Gasteiger partial charge is 0.385 e. The number of nitrogens with two attached hydrogens (primary N) is 1. The number of nitrogens with zero attached hydrogens (tertiary/aromatic N) is 1. The first-order valence-corrected chi connectivity index (χ1v) is 5.69. The Hall–Kier alpha value is -1.17. The molecular formula is C11H16ClN3O2. The van der Waals surface area contributed by atoms with Gasteiger partial charge in [-0.15, -0.1) is 0 Å². The summed E-state index contributed by atoms with van der Waals surface area (Å²) in [5.41, 5.74) is 6.20. The first-order chi connectivity index (χ1) is 8.15. The van der Waals surface area contributed by atoms with E-state index in [-0.39, 0.29) is 11.1 Å². The van der Waals surface area contributed by atoms with Gasteiger partial charge in [-0.3, -0.25) is 4.79 Å². The molecule has 94 valence electrons. The van der Waals surface area contributed by atoms with Gasteiger partial charge in [-0.2, -0.15) is 0 Å². The topological polar surface area (TPSA) is 77.2 Å². The number of anilines is 1. The molecule has 1 atom stereocenters. The fourth-order valence-electron chi connectivity index (χ4n) is 1.28. The van der Waals surface area contributed by atoms with Gasteiger partial charge < -0.3 is 15.8 Å². The second-order valence-corrected chi connectivity index (χ2v) is 3.93. The molecule has 0 aliphatic heterocycles. The molecule has 0 saturated carbocycles. The Balaban J connectivity index is 2.46. The van der Waals surface area contributed by atoms with Crippen molar-refractivity contribution in [1.82, 2.24) is 4.98 Å². The maximum atomic E-state index is 11.7. The van der Waals surface area contributed by atoms with Crippen molar-refractivity contribution in [2.24, 2.45) is 5.73 Å². The molecule has 17 heavy (non-hydrogen) atoms. The Kier molecular flexibility index (Phi) is 5.90. The lowest BCUT2D eigenvalue weighted by Crippen LogP contribution is -2.35. The number of pyridine rings is 1. The van der Waals surface area contributed by atoms with Gasteiger partial charge in [0.1, 0.15) is 0 Å². The molecule has 0 spiro atoms. The van der Waals surface area contributed by atoms with E-state index in [1.807, 2.05) is 0 Å². The number of ether oxygens (including phenoxy) is 1. The highest BCUT2D eigenvalue weighted by Crippen LogP contribution is 2.17. The average Bonchev–Trinajstić information content (AvgIpc) is 2.32. The summed E-state index contributed by atoms with van der Waals surface area (Å²) >= 11 is 5.81. The van der Waals surface area contributed by atoms with Crippen LogP contribution in [-0.4, -0.2) is 30.6 Å². The van der Waals surface area contributed by atoms with Crippen LogP contribution >= 0.6 is 11.6 Å². The van der Waals surface area contributed by atoms with E-state index in [1.54, 1.807) is 25.4 Å². The second kappa shape index (κ2) is 7.21. The van der Waals surface area contributed by atoms with E-state index >= 15 is 0 Å². The van der Waals surface area contributed by atoms with Crippen LogP contribution in [-0.2, 0) is 9.53 Å². The monoisotopic (exact) mass is 257 g/mol. The van der Waals surface area contributed by atoms with Crippen molar-refractivity contribution in [3.63, 3.8) is 0 Å². The third-order valence-electron chi connectivity index (χ3n) is 2.22. The van der Waals surface area contributed by atoms with Gasteiger partial charge in [0.15, 0.2) is 5.15 Å². The Morgan fingerprint density at radius 3 is 3.12 bits per heavy atom. The highest BCUT2D eigenvalue weighted by atomic mass is 35.5. The lowest BCUT2D eigenvalue weighted by atomic mass is 10.1. The Morgan fingerprint density at radius 2 is 2.47 bits per heavy atom. The fraction of sp³-hybridized carbons (Fsp3) is 0.455. The van der Waals surface area contributed by atoms with Crippen LogP contribution in [0, 0.1) is 0 Å². The number of carbonyl (C=O) groups excluding carboxylic acids is 1. The van der Waals surface area contributed by atoms with Gasteiger partial charge in [-0.05, 0) is 25.0 Å². The molecule has 0 aliphatic rings. The van der Waals surface area contributed by atoms with E-state index in [9.17, 15) is 4.79 Å². The molecule has 0 aromatic carbocycles. The number of nitrogens with one attached hydrogen (secondary N) is 1. The standard InChI is InChI=1S/C11H16ClN3O2/c1-17-7-3-4-8(13)11(16)15-9-5-2-6-14-10(9)12/h2,5-6,8H,3-4,7,13H2,1H3,(H,15,16). The summed E-state index contributed by atoms with van der Waals surface area (Å²) in [4.78, 5) is 15.6. The molecule has 6 heteroatoms. The average molecular weight is 258 g/mol. The first kappa shape index (κ1) is 13.9. The van der Waals surface area contributed by atoms with Crippen molar-refractivity contribution >= 4 is 23.2 Å². The van der Waals surface area contributed by atoms with Crippen molar-refractivity contribution in [2.45, 2.75) is 18.9 Å². The number of rotatable bonds is 6. The van der Waals surface area contributed by atoms with E-state index in [1.165, 1.54) is 0 Å². The van der Waals surface area contributed by atoms with E-state index < -0.39 is 6.04 Å². The van der Waals surface area contributed by atoms with Gasteiger partial charge in [0, 0.05) is 19.9 Å². The van der Waals surface area contributed by atoms with Gasteiger partial charge in [0.05, 0.1) is 11.7 Å². The van der Waals surface area contributed by atoms with Crippen molar-refractivity contribution in [1.29, 1.82) is 0 Å². The van der Waals surface area contributed by atoms with E-state index in [4.69, 9.17) is 22.1 Å². The molecule has 1 unspecified atom stereocenters. The van der Waals surface area contributed by atoms with E-state index in [0.717, 1.165) is 6.42 Å². The molecule has 1 aromatic heterocycles. The van der Waals surface area contributed by atoms with E-state index in [0.29, 0.717) is 18.7 Å². The van der Waals surface area contributed by atoms with Crippen LogP contribution in [0.4, 0.5) is 5.69 Å². The molecule has 0 fully saturated rings. The molecule has 1 heterocycles. The number of aromatic nitrogens is 1. The lowest BCUT2D eigenvalue weighted by molar-refractivity contribution is -0.117. The molecule has 1 amide bonds. The summed E-state index contributed by atoms with van der Waals surface area (Å²) in [6.45, 7) is 0.592. The molecular weight excluding hydrogens is 242 g/mol. The second-order valence-electron chi connectivity index (χ2n) is 3.57. The first-order valence-electron chi connectivity index (χ1n) is 5.31. The highest BCUT2D eigenvalue weighted by Gasteiger charge is 2.14. The zero-order chi connectivity index (χ0) is 12.7. The van der Waals surface area contributed by atoms with Crippen LogP contribution in [0.25, 0.3) is 0 Å². The van der Waals surface area contributed by atoms with Crippen LogP contribution in [0.15, 0.2) is 18.3 Å². The van der Waals surface area contributed by atoms with Crippen molar-refractivity contribution in [3.8, 4) is 0 Å². The number of halogens is 1. The molecule has 0 radical (unpaired) electrons. The minimum atomic E-state index is -0.568. The Labute approximate surface area is 105 Å². The van der Waals surface area contributed by atoms with Crippen molar-refractivity contribution in [3.05, 3.63) is 23.5 Å². The van der Waals surface area contributed by atoms with Crippen molar-refractivity contribution < 1.29 is 9.53 Å². The number of amides is 1. The molecule has 0 aliphatic carbocycles. The van der Waals surface area contributed by atoms with Gasteiger partial charge in [-0.1, -0.05) is 11.6 Å². The van der Waals surface area contributed by atoms with Crippen LogP contribution in [0.5, 0.6) is 0 Å². The summed E-state index contributed by atoms with van der Waals surface area (Å²) in [6, 6.07) is 2.80. The molecule has 0 bridgehead atoms. The smallest absolute Gasteiger partial charge is 0.241 e. The third kappa shape index (κ3) is 4.68. The summed E-state index contributed by atoms with van der Waals surface area (Å²) in [5, 5.41) is 2.89. The molecule has 5 nitrogen and oxygen atoms in total. The predicted molar refractivity (Wildman–Crippen MR) is 67.0 cm³/mol. The third-order valence-corrected chi connectivity index (χ3v) is 2.52. The summed E-state index contributed by atoms with van der Waals surface area (Å²) in [7, 11) is 1.61. The number of methoxy groups -OCH3 is 1. The van der Waals surface area contributed by atoms with Crippen LogP contribution in [0.1, 0.15) is 12.8 Å². The van der Waals surface area contributed by atoms with Gasteiger partial charge in [0.2, 0.25) is 5.91 Å². The summed E-state index contributed by atoms with van der Waals surface area (Å²) in [6.07, 6.45) is 2.86. The minimum Gasteiger partial charge on any atom is -0.385 e. The van der Waals surface area contributed by atoms with Crippen LogP contribution < -0.4 is 11.1 Å². The quantitative estimate of drug-likeness (QED) is 0.597. The van der Waals surface area contributed by atoms with E-state index in [2.05, 4.69) is 10.3 Å². The minimum absolute atomic E-state index is 0.255. The fourth-order valence-corrected chi connectivity index (χ4v) is 1.45. The maximum Gasteiger partial charge on any atom is 0.241 e. The molecule has 3 N–H and O–H groups in total. The normalized spacial score (nSPS) is 12.2. The van der Waals surface area contributed by atoms with Crippen molar-refractivity contribution in [2.75, 3.05) is 19.0 Å². The number of carbonyl (C=O) groups is 1. The molecule has 0 saturated heterocycles. The zero-order valence-electron chi connectivity index (χ0n) is 9.65. The molecule has 1 rings (SSSR count). The van der Waals surface area contributed by atoms with Gasteiger partial charge in [0.25, 0.3) is 0 Å². The molecule has 1 aromatic rings. The number of hydrogen-bond acceptors (Lipinski definition) is 4. The SMILES string of the molecule is COCCCC(N)C(=O)Nc1cccnc1Cl. The summed E-state index contributed by atoms with van der Waals surface area (Å²) < 4.78 is 4.89. The Morgan fingerprint density at radius 1 is 1.71 bits per heavy atom. The lowest BCUT2D eigenvalue weighted by Gasteiger charge is -2.12. The zero-order valence-corrected chi connectivity index (χ0v) is 10.4. The highest BCUT2D eigenvalue weighted by molar-refractivity contribution is 6.32. The number of hydrogen-bond donors (Lipinski definition) is 2. The maximum absolute atomic E-state index is 11.7. The van der Waals surface area contributed by atoms with Crippen LogP contribution in [0.2, 0.25) is 5.15 Å². The van der Waals surface area contributed by atoms with Gasteiger partial charge >= 0.3 is 0 Å². The van der Waals surface area contributed by atoms with Crippen LogP contribution in [0.3, 0.4) is 0 Å². The Bertz CT molecular complexity index is 373. The predicted octanol–water partition coefficient (Wildman–Crippen LogP) is 1.43. The van der Waals surface area contributed by atoms with Gasteiger partial charge in [-0.25, -0.2) is 4.98 Å². The summed E-state index contributed by atoms with van der Waals surface area (Å²) in [5.74, 6) is -0.268.